The van der Waals surface area contributed by atoms with Crippen LogP contribution in [-0.2, 0) is 16.0 Å². The van der Waals surface area contributed by atoms with Crippen LogP contribution in [0.5, 0.6) is 11.5 Å². The van der Waals surface area contributed by atoms with Crippen molar-refractivity contribution in [2.45, 2.75) is 38.6 Å². The molecule has 3 aromatic rings. The molecule has 7 nitrogen and oxygen atoms in total. The second-order valence-corrected chi connectivity index (χ2v) is 7.94. The highest BCUT2D eigenvalue weighted by Gasteiger charge is 2.20. The highest BCUT2D eigenvalue weighted by Crippen LogP contribution is 2.26. The van der Waals surface area contributed by atoms with Crippen molar-refractivity contribution in [3.63, 3.8) is 0 Å². The van der Waals surface area contributed by atoms with Gasteiger partial charge in [0.25, 0.3) is 0 Å². The number of nitrogens with zero attached hydrogens (tertiary/aromatic N) is 1. The van der Waals surface area contributed by atoms with E-state index in [0.717, 1.165) is 16.3 Å². The van der Waals surface area contributed by atoms with E-state index in [9.17, 15) is 15.0 Å². The molecule has 7 heteroatoms. The number of nitriles is 1. The number of carboxylic acid groups (broad SMARTS) is 1. The number of aliphatic hydroxyl groups is 1. The third-order valence-electron chi connectivity index (χ3n) is 4.88. The second-order valence-electron chi connectivity index (χ2n) is 7.94. The maximum absolute atomic E-state index is 11.4. The second kappa shape index (κ2) is 11.3. The molecule has 2 atom stereocenters. The molecule has 33 heavy (non-hydrogen) atoms. The van der Waals surface area contributed by atoms with E-state index >= 15 is 0 Å². The van der Waals surface area contributed by atoms with Crippen LogP contribution >= 0.6 is 0 Å². The van der Waals surface area contributed by atoms with Gasteiger partial charge >= 0.3 is 5.97 Å². The van der Waals surface area contributed by atoms with Crippen LogP contribution < -0.4 is 9.47 Å². The van der Waals surface area contributed by atoms with Crippen molar-refractivity contribution >= 4 is 16.7 Å². The molecule has 0 saturated carbocycles. The average Bonchev–Trinajstić information content (AvgIpc) is 2.80. The molecule has 0 fully saturated rings. The summed E-state index contributed by atoms with van der Waals surface area (Å²) >= 11 is 0. The normalized spacial score (nSPS) is 12.8. The minimum atomic E-state index is -1.02. The van der Waals surface area contributed by atoms with Gasteiger partial charge in [-0.15, -0.1) is 0 Å². The molecule has 0 bridgehead atoms. The molecule has 0 aliphatic carbocycles. The first-order valence-corrected chi connectivity index (χ1v) is 10.7. The molecule has 0 aliphatic rings. The maximum Gasteiger partial charge on any atom is 0.333 e. The maximum atomic E-state index is 11.4. The molecule has 0 radical (unpaired) electrons. The van der Waals surface area contributed by atoms with E-state index in [1.807, 2.05) is 24.3 Å². The van der Waals surface area contributed by atoms with Crippen molar-refractivity contribution < 1.29 is 29.2 Å². The molecule has 3 rings (SSSR count). The molecule has 0 aliphatic heterocycles. The van der Waals surface area contributed by atoms with E-state index in [0.29, 0.717) is 17.1 Å². The molecule has 0 spiro atoms. The fourth-order valence-electron chi connectivity index (χ4n) is 3.36. The number of ether oxygens (including phenoxy) is 3. The van der Waals surface area contributed by atoms with E-state index in [4.69, 9.17) is 19.5 Å². The van der Waals surface area contributed by atoms with E-state index in [1.165, 1.54) is 0 Å². The Bertz CT molecular complexity index is 1140. The number of aliphatic carboxylic acids is 1. The highest BCUT2D eigenvalue weighted by molar-refractivity contribution is 5.89. The van der Waals surface area contributed by atoms with Crippen LogP contribution in [0.15, 0.2) is 60.7 Å². The van der Waals surface area contributed by atoms with Crippen molar-refractivity contribution in [1.82, 2.24) is 0 Å². The summed E-state index contributed by atoms with van der Waals surface area (Å²) in [4.78, 5) is 11.4. The first kappa shape index (κ1) is 24.1. The first-order chi connectivity index (χ1) is 15.9. The Hall–Kier alpha value is -3.60. The summed E-state index contributed by atoms with van der Waals surface area (Å²) in [6, 6.07) is 20.1. The van der Waals surface area contributed by atoms with E-state index in [1.54, 1.807) is 50.2 Å². The lowest BCUT2D eigenvalue weighted by Crippen LogP contribution is -2.29. The molecular formula is C26H27NO6. The van der Waals surface area contributed by atoms with Crippen LogP contribution in [0.2, 0.25) is 0 Å². The Balaban J connectivity index is 1.57. The molecule has 0 saturated heterocycles. The SMILES string of the molecule is CC(C)OC(Cc1cccc(OCC(O)COc2cccc3ccc(C#N)cc23)c1)C(=O)O. The van der Waals surface area contributed by atoms with Gasteiger partial charge in [-0.1, -0.05) is 30.3 Å². The Kier molecular flexibility index (Phi) is 8.25. The lowest BCUT2D eigenvalue weighted by atomic mass is 10.1. The van der Waals surface area contributed by atoms with Crippen LogP contribution in [-0.4, -0.2) is 47.7 Å². The van der Waals surface area contributed by atoms with Crippen LogP contribution in [0.4, 0.5) is 0 Å². The van der Waals surface area contributed by atoms with Gasteiger partial charge in [0.05, 0.1) is 17.7 Å². The van der Waals surface area contributed by atoms with E-state index in [-0.39, 0.29) is 25.7 Å². The van der Waals surface area contributed by atoms with Gasteiger partial charge in [0.1, 0.15) is 30.8 Å². The zero-order chi connectivity index (χ0) is 23.8. The summed E-state index contributed by atoms with van der Waals surface area (Å²) in [5.74, 6) is 0.0810. The van der Waals surface area contributed by atoms with Gasteiger partial charge in [-0.25, -0.2) is 4.79 Å². The topological polar surface area (TPSA) is 109 Å². The Labute approximate surface area is 192 Å². The molecule has 0 aromatic heterocycles. The Morgan fingerprint density at radius 3 is 2.52 bits per heavy atom. The summed E-state index contributed by atoms with van der Waals surface area (Å²) < 4.78 is 16.9. The van der Waals surface area contributed by atoms with Crippen LogP contribution in [0.3, 0.4) is 0 Å². The van der Waals surface area contributed by atoms with Crippen molar-refractivity contribution in [2.75, 3.05) is 13.2 Å². The van der Waals surface area contributed by atoms with Crippen molar-refractivity contribution in [1.29, 1.82) is 5.26 Å². The van der Waals surface area contributed by atoms with Gasteiger partial charge in [-0.3, -0.25) is 0 Å². The van der Waals surface area contributed by atoms with E-state index < -0.39 is 18.2 Å². The van der Waals surface area contributed by atoms with Gasteiger partial charge < -0.3 is 24.4 Å². The fraction of sp³-hybridized carbons (Fsp3) is 0.308. The van der Waals surface area contributed by atoms with Crippen LogP contribution in [0, 0.1) is 11.3 Å². The number of aliphatic hydroxyl groups excluding tert-OH is 1. The Morgan fingerprint density at radius 1 is 1.03 bits per heavy atom. The third-order valence-corrected chi connectivity index (χ3v) is 4.88. The fourth-order valence-corrected chi connectivity index (χ4v) is 3.36. The lowest BCUT2D eigenvalue weighted by molar-refractivity contribution is -0.153. The minimum absolute atomic E-state index is 0.00250. The largest absolute Gasteiger partial charge is 0.491 e. The molecule has 2 unspecified atom stereocenters. The van der Waals surface area contributed by atoms with Gasteiger partial charge in [0.15, 0.2) is 6.10 Å². The standard InChI is InChI=1S/C26H27NO6/c1-17(2)33-25(26(29)30)13-18-5-3-7-22(11-18)31-15-21(28)16-32-24-8-4-6-20-10-9-19(14-27)12-23(20)24/h3-12,17,21,25,28H,13,15-16H2,1-2H3,(H,29,30). The average molecular weight is 450 g/mol. The molecule has 0 heterocycles. The predicted molar refractivity (Wildman–Crippen MR) is 123 cm³/mol. The summed E-state index contributed by atoms with van der Waals surface area (Å²) in [7, 11) is 0. The molecule has 3 aromatic carbocycles. The molecule has 172 valence electrons. The van der Waals surface area contributed by atoms with Crippen molar-refractivity contribution in [3.05, 3.63) is 71.8 Å². The summed E-state index contributed by atoms with van der Waals surface area (Å²) in [6.45, 7) is 3.60. The number of rotatable bonds is 11. The van der Waals surface area contributed by atoms with E-state index in [2.05, 4.69) is 6.07 Å². The number of hydrogen-bond acceptors (Lipinski definition) is 6. The number of benzene rings is 3. The van der Waals surface area contributed by atoms with Crippen molar-refractivity contribution in [2.24, 2.45) is 0 Å². The van der Waals surface area contributed by atoms with Crippen LogP contribution in [0.25, 0.3) is 10.8 Å². The van der Waals surface area contributed by atoms with Gasteiger partial charge in [-0.2, -0.15) is 5.26 Å². The highest BCUT2D eigenvalue weighted by atomic mass is 16.5. The smallest absolute Gasteiger partial charge is 0.333 e. The zero-order valence-electron chi connectivity index (χ0n) is 18.6. The lowest BCUT2D eigenvalue weighted by Gasteiger charge is -2.17. The summed E-state index contributed by atoms with van der Waals surface area (Å²) in [6.07, 6.45) is -1.82. The quantitative estimate of drug-likeness (QED) is 0.456. The molecular weight excluding hydrogens is 422 g/mol. The van der Waals surface area contributed by atoms with Crippen molar-refractivity contribution in [3.8, 4) is 17.6 Å². The molecule has 0 amide bonds. The number of carbonyl (C=O) groups is 1. The van der Waals surface area contributed by atoms with Crippen LogP contribution in [0.1, 0.15) is 25.0 Å². The predicted octanol–water partition coefficient (Wildman–Crippen LogP) is 3.95. The minimum Gasteiger partial charge on any atom is -0.491 e. The Morgan fingerprint density at radius 2 is 1.79 bits per heavy atom. The van der Waals surface area contributed by atoms with Gasteiger partial charge in [0, 0.05) is 11.8 Å². The monoisotopic (exact) mass is 449 g/mol. The molecule has 2 N–H and O–H groups in total. The zero-order valence-corrected chi connectivity index (χ0v) is 18.6. The first-order valence-electron chi connectivity index (χ1n) is 10.7. The third kappa shape index (κ3) is 6.94. The summed E-state index contributed by atoms with van der Waals surface area (Å²) in [5.41, 5.74) is 1.29. The number of hydrogen-bond donors (Lipinski definition) is 2. The number of fused-ring (bicyclic) bond motifs is 1. The summed E-state index contributed by atoms with van der Waals surface area (Å²) in [5, 5.41) is 30.6. The van der Waals surface area contributed by atoms with Gasteiger partial charge in [-0.05, 0) is 55.1 Å². The number of carboxylic acids is 1. The van der Waals surface area contributed by atoms with Gasteiger partial charge in [0.2, 0.25) is 0 Å².